The smallest absolute Gasteiger partial charge is 0.242 e. The monoisotopic (exact) mass is 483 g/mol. The molecule has 0 aliphatic carbocycles. The molecular formula is C24H29N5O2S2. The molecule has 0 fully saturated rings. The molecule has 0 aliphatic heterocycles. The Hall–Kier alpha value is -2.62. The van der Waals surface area contributed by atoms with Crippen molar-refractivity contribution in [1.82, 2.24) is 23.4 Å². The Morgan fingerprint density at radius 2 is 1.88 bits per heavy atom. The molecule has 0 N–H and O–H groups in total. The van der Waals surface area contributed by atoms with Crippen molar-refractivity contribution < 1.29 is 8.42 Å². The van der Waals surface area contributed by atoms with Gasteiger partial charge in [0.2, 0.25) is 10.0 Å². The lowest BCUT2D eigenvalue weighted by atomic mass is 10.2. The average Bonchev–Trinajstić information content (AvgIpc) is 3.39. The Bertz CT molecular complexity index is 1330. The molecule has 4 aromatic rings. The molecule has 0 unspecified atom stereocenters. The van der Waals surface area contributed by atoms with Crippen molar-refractivity contribution in [2.45, 2.75) is 48.7 Å². The summed E-state index contributed by atoms with van der Waals surface area (Å²) in [6.07, 6.45) is 5.93. The third-order valence-corrected chi connectivity index (χ3v) is 8.31. The van der Waals surface area contributed by atoms with E-state index in [0.29, 0.717) is 11.3 Å². The predicted octanol–water partition coefficient (Wildman–Crippen LogP) is 4.62. The van der Waals surface area contributed by atoms with Crippen molar-refractivity contribution in [2.24, 2.45) is 0 Å². The molecule has 7 nitrogen and oxygen atoms in total. The first-order chi connectivity index (χ1) is 15.9. The molecule has 0 aliphatic rings. The highest BCUT2D eigenvalue weighted by atomic mass is 32.2. The fourth-order valence-corrected chi connectivity index (χ4v) is 5.56. The van der Waals surface area contributed by atoms with Gasteiger partial charge in [-0.2, -0.15) is 0 Å². The predicted molar refractivity (Wildman–Crippen MR) is 133 cm³/mol. The summed E-state index contributed by atoms with van der Waals surface area (Å²) in [4.78, 5) is 9.64. The number of aryl methyl sites for hydroxylation is 1. The molecular weight excluding hydrogens is 454 g/mol. The van der Waals surface area contributed by atoms with Gasteiger partial charge in [-0.3, -0.25) is 0 Å². The van der Waals surface area contributed by atoms with Gasteiger partial charge in [-0.1, -0.05) is 55.4 Å². The Balaban J connectivity index is 1.61. The molecule has 0 saturated heterocycles. The largest absolute Gasteiger partial charge is 0.330 e. The van der Waals surface area contributed by atoms with E-state index in [0.717, 1.165) is 42.4 Å². The number of hydrogen-bond acceptors (Lipinski definition) is 5. The lowest BCUT2D eigenvalue weighted by molar-refractivity contribution is 0.521. The average molecular weight is 484 g/mol. The number of imidazole rings is 2. The fraction of sp³-hybridized carbons (Fsp3) is 0.333. The van der Waals surface area contributed by atoms with E-state index >= 15 is 0 Å². The number of sulfonamides is 1. The second-order valence-electron chi connectivity index (χ2n) is 8.08. The highest BCUT2D eigenvalue weighted by Crippen LogP contribution is 2.29. The summed E-state index contributed by atoms with van der Waals surface area (Å²) in [6.45, 7) is 3.77. The molecule has 2 aromatic carbocycles. The molecule has 0 atom stereocenters. The molecule has 0 amide bonds. The van der Waals surface area contributed by atoms with Crippen LogP contribution in [0, 0.1) is 0 Å². The van der Waals surface area contributed by atoms with Crippen LogP contribution in [0.15, 0.2) is 71.0 Å². The molecule has 33 heavy (non-hydrogen) atoms. The van der Waals surface area contributed by atoms with Gasteiger partial charge in [0.1, 0.15) is 5.82 Å². The molecule has 0 radical (unpaired) electrons. The van der Waals surface area contributed by atoms with Gasteiger partial charge >= 0.3 is 0 Å². The molecule has 0 bridgehead atoms. The molecule has 2 aromatic heterocycles. The summed E-state index contributed by atoms with van der Waals surface area (Å²) >= 11 is 1.63. The molecule has 9 heteroatoms. The maximum atomic E-state index is 12.6. The fourth-order valence-electron chi connectivity index (χ4n) is 3.63. The second kappa shape index (κ2) is 10.1. The van der Waals surface area contributed by atoms with Crippen LogP contribution in [0.4, 0.5) is 0 Å². The van der Waals surface area contributed by atoms with E-state index in [1.165, 1.54) is 24.0 Å². The molecule has 0 saturated carbocycles. The highest BCUT2D eigenvalue weighted by Gasteiger charge is 2.20. The maximum absolute atomic E-state index is 12.6. The van der Waals surface area contributed by atoms with E-state index in [-0.39, 0.29) is 4.90 Å². The zero-order chi connectivity index (χ0) is 23.4. The Labute approximate surface area is 199 Å². The van der Waals surface area contributed by atoms with E-state index in [9.17, 15) is 8.42 Å². The molecule has 174 valence electrons. The van der Waals surface area contributed by atoms with E-state index in [1.807, 2.05) is 36.7 Å². The third kappa shape index (κ3) is 5.15. The Morgan fingerprint density at radius 3 is 2.61 bits per heavy atom. The van der Waals surface area contributed by atoms with Gasteiger partial charge in [0.05, 0.1) is 21.7 Å². The van der Waals surface area contributed by atoms with Crippen molar-refractivity contribution in [3.63, 3.8) is 0 Å². The summed E-state index contributed by atoms with van der Waals surface area (Å²) in [6, 6.07) is 15.5. The van der Waals surface area contributed by atoms with Crippen molar-refractivity contribution in [3.05, 3.63) is 72.3 Å². The van der Waals surface area contributed by atoms with E-state index in [2.05, 4.69) is 33.2 Å². The van der Waals surface area contributed by atoms with Crippen molar-refractivity contribution in [2.75, 3.05) is 14.1 Å². The maximum Gasteiger partial charge on any atom is 0.242 e. The van der Waals surface area contributed by atoms with Crippen LogP contribution in [-0.4, -0.2) is 45.9 Å². The van der Waals surface area contributed by atoms with E-state index in [4.69, 9.17) is 4.98 Å². The van der Waals surface area contributed by atoms with Crippen LogP contribution < -0.4 is 0 Å². The van der Waals surface area contributed by atoms with Crippen LogP contribution in [0.1, 0.15) is 31.2 Å². The van der Waals surface area contributed by atoms with Gasteiger partial charge in [-0.25, -0.2) is 22.7 Å². The van der Waals surface area contributed by atoms with Crippen molar-refractivity contribution in [1.29, 1.82) is 0 Å². The Kier molecular flexibility index (Phi) is 7.21. The van der Waals surface area contributed by atoms with E-state index < -0.39 is 10.0 Å². The summed E-state index contributed by atoms with van der Waals surface area (Å²) < 4.78 is 30.7. The van der Waals surface area contributed by atoms with Gasteiger partial charge < -0.3 is 9.13 Å². The first-order valence-electron chi connectivity index (χ1n) is 11.0. The zero-order valence-electron chi connectivity index (χ0n) is 19.2. The summed E-state index contributed by atoms with van der Waals surface area (Å²) in [5.41, 5.74) is 2.88. The third-order valence-electron chi connectivity index (χ3n) is 5.53. The van der Waals surface area contributed by atoms with Crippen molar-refractivity contribution in [3.8, 4) is 0 Å². The lowest BCUT2D eigenvalue weighted by Gasteiger charge is -2.11. The van der Waals surface area contributed by atoms with Gasteiger partial charge in [0.15, 0.2) is 5.16 Å². The van der Waals surface area contributed by atoms with Gasteiger partial charge in [-0.15, -0.1) is 0 Å². The van der Waals surface area contributed by atoms with Crippen molar-refractivity contribution >= 4 is 32.8 Å². The first-order valence-corrected chi connectivity index (χ1v) is 13.4. The number of hydrogen-bond donors (Lipinski definition) is 0. The normalized spacial score (nSPS) is 12.1. The number of fused-ring (bicyclic) bond motifs is 1. The minimum Gasteiger partial charge on any atom is -0.330 e. The first kappa shape index (κ1) is 23.5. The topological polar surface area (TPSA) is 73.0 Å². The number of thioether (sulfide) groups is 1. The quantitative estimate of drug-likeness (QED) is 0.308. The van der Waals surface area contributed by atoms with Crippen LogP contribution in [0.3, 0.4) is 0 Å². The minimum atomic E-state index is -3.51. The second-order valence-corrected chi connectivity index (χ2v) is 11.2. The minimum absolute atomic E-state index is 0.259. The molecule has 2 heterocycles. The number of unbranched alkanes of at least 4 members (excludes halogenated alkanes) is 1. The summed E-state index contributed by atoms with van der Waals surface area (Å²) in [5, 5.41) is 0.882. The number of nitrogens with zero attached hydrogens (tertiary/aromatic N) is 5. The van der Waals surface area contributed by atoms with Crippen LogP contribution >= 0.6 is 11.8 Å². The van der Waals surface area contributed by atoms with Gasteiger partial charge in [0.25, 0.3) is 0 Å². The van der Waals surface area contributed by atoms with Crippen LogP contribution in [0.5, 0.6) is 0 Å². The molecule has 4 rings (SSSR count). The lowest BCUT2D eigenvalue weighted by Crippen LogP contribution is -2.22. The number of aromatic nitrogens is 4. The van der Waals surface area contributed by atoms with Crippen LogP contribution in [0.2, 0.25) is 0 Å². The highest BCUT2D eigenvalue weighted by molar-refractivity contribution is 7.98. The number of rotatable bonds is 10. The summed E-state index contributed by atoms with van der Waals surface area (Å²) in [5.74, 6) is 1.66. The number of benzene rings is 2. The standard InChI is InChI=1S/C24H29N5O2S2/c1-4-5-14-29-22-12-11-20(33(30,31)27(2)3)16-21(22)26-24(29)32-18-23-25-13-15-28(23)17-19-9-7-6-8-10-19/h6-13,15-16H,4-5,14,17-18H2,1-3H3. The zero-order valence-corrected chi connectivity index (χ0v) is 20.8. The van der Waals surface area contributed by atoms with E-state index in [1.54, 1.807) is 23.9 Å². The van der Waals surface area contributed by atoms with Gasteiger partial charge in [0, 0.05) is 39.6 Å². The van der Waals surface area contributed by atoms with Crippen LogP contribution in [0.25, 0.3) is 11.0 Å². The summed E-state index contributed by atoms with van der Waals surface area (Å²) in [7, 11) is -0.428. The van der Waals surface area contributed by atoms with Gasteiger partial charge in [-0.05, 0) is 30.2 Å². The van der Waals surface area contributed by atoms with Crippen LogP contribution in [-0.2, 0) is 28.9 Å². The molecule has 0 spiro atoms. The Morgan fingerprint density at radius 1 is 1.09 bits per heavy atom. The SMILES string of the molecule is CCCCn1c(SCc2nccn2Cc2ccccc2)nc2cc(S(=O)(=O)N(C)C)ccc21.